The molecule has 0 aromatic carbocycles. The first-order valence-electron chi connectivity index (χ1n) is 3.26. The van der Waals surface area contributed by atoms with Gasteiger partial charge in [0.25, 0.3) is 0 Å². The molecular weight excluding hydrogens is 180 g/mol. The summed E-state index contributed by atoms with van der Waals surface area (Å²) < 4.78 is 0. The molecule has 6 N–H and O–H groups in total. The van der Waals surface area contributed by atoms with Gasteiger partial charge < -0.3 is 30.6 Å². The van der Waals surface area contributed by atoms with Gasteiger partial charge >= 0.3 is 0 Å². The van der Waals surface area contributed by atoms with Gasteiger partial charge in [0.15, 0.2) is 0 Å². The first-order valence-corrected chi connectivity index (χ1v) is 3.26. The molecule has 0 fully saturated rings. The maximum Gasteiger partial charge on any atom is 0.0402 e. The van der Waals surface area contributed by atoms with Crippen LogP contribution in [0.4, 0.5) is 0 Å². The summed E-state index contributed by atoms with van der Waals surface area (Å²) in [6, 6.07) is 0. The lowest BCUT2D eigenvalue weighted by molar-refractivity contribution is 0.318. The van der Waals surface area contributed by atoms with Crippen molar-refractivity contribution in [3.05, 3.63) is 0 Å². The van der Waals surface area contributed by atoms with E-state index in [4.69, 9.17) is 30.6 Å². The molecule has 0 aliphatic carbocycles. The number of hydrogen-bond donors (Lipinski definition) is 6. The molecule has 0 aromatic rings. The second-order valence-corrected chi connectivity index (χ2v) is 0.316. The van der Waals surface area contributed by atoms with Crippen LogP contribution in [0.1, 0.15) is 6.92 Å². The van der Waals surface area contributed by atoms with Crippen molar-refractivity contribution in [3.8, 4) is 0 Å². The second kappa shape index (κ2) is 2360. The lowest BCUT2D eigenvalue weighted by atomic mass is 10.9. The van der Waals surface area contributed by atoms with Crippen molar-refractivity contribution in [2.24, 2.45) is 0 Å². The van der Waals surface area contributed by atoms with Gasteiger partial charge in [-0.05, 0) is 6.92 Å². The fraction of sp³-hybridized carbons (Fsp3) is 1.00. The van der Waals surface area contributed by atoms with Gasteiger partial charge in [-0.3, -0.25) is 0 Å². The van der Waals surface area contributed by atoms with Crippen LogP contribution in [-0.2, 0) is 0 Å². The highest BCUT2D eigenvalue weighted by molar-refractivity contribution is 3.84. The van der Waals surface area contributed by atoms with E-state index in [0.29, 0.717) is 0 Å². The molecule has 0 aliphatic rings. The quantitative estimate of drug-likeness (QED) is 0.274. The summed E-state index contributed by atoms with van der Waals surface area (Å²) >= 11 is 0. The smallest absolute Gasteiger partial charge is 0.0402 e. The lowest BCUT2D eigenvalue weighted by Crippen LogP contribution is -1.57. The number of hydrogen-bond acceptors (Lipinski definition) is 6. The van der Waals surface area contributed by atoms with E-state index < -0.39 is 0 Å². The third-order valence-corrected chi connectivity index (χ3v) is 0. The predicted octanol–water partition coefficient (Wildman–Crippen LogP) is -1.96. The molecule has 0 heterocycles. The Kier molecular flexibility index (Phi) is 7000. The molecule has 90 valence electrons. The average Bonchev–Trinajstić information content (AvgIpc) is 2.32. The molecule has 6 heteroatoms. The van der Waals surface area contributed by atoms with Crippen molar-refractivity contribution in [2.75, 3.05) is 42.2 Å². The van der Waals surface area contributed by atoms with Gasteiger partial charge in [0.05, 0.1) is 0 Å². The van der Waals surface area contributed by atoms with E-state index in [1.165, 1.54) is 0 Å². The zero-order valence-electron chi connectivity index (χ0n) is 9.39. The normalized spacial score (nSPS) is 3.69. The Hall–Kier alpha value is -0.240. The fourth-order valence-corrected chi connectivity index (χ4v) is 0. The highest BCUT2D eigenvalue weighted by Gasteiger charge is 1.34. The zero-order valence-corrected chi connectivity index (χ0v) is 9.39. The van der Waals surface area contributed by atoms with E-state index in [9.17, 15) is 0 Å². The average molecular weight is 206 g/mol. The van der Waals surface area contributed by atoms with Crippen LogP contribution in [0.15, 0.2) is 0 Å². The Labute approximate surface area is 80.7 Å². The molecular formula is C7H26O6. The van der Waals surface area contributed by atoms with Crippen LogP contribution < -0.4 is 0 Å². The van der Waals surface area contributed by atoms with Crippen LogP contribution in [0.2, 0.25) is 0 Å². The van der Waals surface area contributed by atoms with Crippen LogP contribution in [0, 0.1) is 0 Å². The van der Waals surface area contributed by atoms with Gasteiger partial charge in [0.1, 0.15) is 0 Å². The summed E-state index contributed by atoms with van der Waals surface area (Å²) in [7, 11) is 5.00. The van der Waals surface area contributed by atoms with Gasteiger partial charge in [-0.25, -0.2) is 0 Å². The van der Waals surface area contributed by atoms with Gasteiger partial charge in [0.2, 0.25) is 0 Å². The van der Waals surface area contributed by atoms with Gasteiger partial charge in [-0.2, -0.15) is 0 Å². The van der Waals surface area contributed by atoms with E-state index >= 15 is 0 Å². The first-order chi connectivity index (χ1) is 6.41. The number of aliphatic hydroxyl groups is 6. The number of aliphatic hydroxyl groups excluding tert-OH is 6. The monoisotopic (exact) mass is 206 g/mol. The minimum Gasteiger partial charge on any atom is -0.400 e. The summed E-state index contributed by atoms with van der Waals surface area (Å²) in [4.78, 5) is 0. The highest BCUT2D eigenvalue weighted by atomic mass is 16.3. The standard InChI is InChI=1S/C2H6O.5CH4O/c1-2-3;5*1-2/h3H,2H2,1H3;5*2H,1H3. The molecule has 0 atom stereocenters. The van der Waals surface area contributed by atoms with E-state index in [-0.39, 0.29) is 6.61 Å². The van der Waals surface area contributed by atoms with E-state index in [2.05, 4.69) is 0 Å². The van der Waals surface area contributed by atoms with E-state index in [1.807, 2.05) is 0 Å². The van der Waals surface area contributed by atoms with Crippen LogP contribution in [0.3, 0.4) is 0 Å². The predicted molar refractivity (Wildman–Crippen MR) is 53.5 cm³/mol. The number of rotatable bonds is 0. The first kappa shape index (κ1) is 38.6. The Morgan fingerprint density at radius 1 is 0.538 bits per heavy atom. The van der Waals surface area contributed by atoms with Crippen molar-refractivity contribution in [2.45, 2.75) is 6.92 Å². The molecule has 0 bridgehead atoms. The van der Waals surface area contributed by atoms with Crippen LogP contribution in [-0.4, -0.2) is 72.8 Å². The molecule has 0 saturated heterocycles. The van der Waals surface area contributed by atoms with E-state index in [0.717, 1.165) is 35.5 Å². The third-order valence-electron chi connectivity index (χ3n) is 0. The maximum atomic E-state index is 7.57. The zero-order chi connectivity index (χ0) is 12.7. The Bertz CT molecular complexity index is 12.9. The van der Waals surface area contributed by atoms with Crippen LogP contribution in [0.25, 0.3) is 0 Å². The highest BCUT2D eigenvalue weighted by Crippen LogP contribution is 1.30. The summed E-state index contributed by atoms with van der Waals surface area (Å²) in [6.07, 6.45) is 0. The second-order valence-electron chi connectivity index (χ2n) is 0.316. The molecule has 0 aliphatic heterocycles. The Morgan fingerprint density at radius 2 is 0.538 bits per heavy atom. The third kappa shape index (κ3) is 19400. The minimum absolute atomic E-state index is 0.250. The summed E-state index contributed by atoms with van der Waals surface area (Å²) in [5, 5.41) is 42.6. The molecule has 6 nitrogen and oxygen atoms in total. The topological polar surface area (TPSA) is 121 Å². The van der Waals surface area contributed by atoms with Gasteiger partial charge in [-0.15, -0.1) is 0 Å². The Morgan fingerprint density at radius 3 is 0.538 bits per heavy atom. The van der Waals surface area contributed by atoms with Crippen molar-refractivity contribution < 1.29 is 30.6 Å². The molecule has 0 spiro atoms. The van der Waals surface area contributed by atoms with Gasteiger partial charge in [-0.1, -0.05) is 0 Å². The Balaban J connectivity index is -0.0000000115. The van der Waals surface area contributed by atoms with Gasteiger partial charge in [0, 0.05) is 42.2 Å². The molecule has 0 radical (unpaired) electrons. The summed E-state index contributed by atoms with van der Waals surface area (Å²) in [5.74, 6) is 0. The molecule has 0 aromatic heterocycles. The summed E-state index contributed by atoms with van der Waals surface area (Å²) in [6.45, 7) is 1.93. The molecule has 0 unspecified atom stereocenters. The maximum absolute atomic E-state index is 7.57. The fourth-order valence-electron chi connectivity index (χ4n) is 0. The SMILES string of the molecule is CCO.CO.CO.CO.CO.CO. The van der Waals surface area contributed by atoms with Crippen LogP contribution >= 0.6 is 0 Å². The lowest BCUT2D eigenvalue weighted by Gasteiger charge is -1.52. The molecule has 0 rings (SSSR count). The molecule has 0 saturated carbocycles. The van der Waals surface area contributed by atoms with Crippen molar-refractivity contribution in [3.63, 3.8) is 0 Å². The van der Waals surface area contributed by atoms with E-state index in [1.54, 1.807) is 6.92 Å². The molecule has 0 amide bonds. The van der Waals surface area contributed by atoms with Crippen LogP contribution in [0.5, 0.6) is 0 Å². The van der Waals surface area contributed by atoms with Crippen molar-refractivity contribution in [1.82, 2.24) is 0 Å². The summed E-state index contributed by atoms with van der Waals surface area (Å²) in [5.41, 5.74) is 0. The minimum atomic E-state index is 0.250. The van der Waals surface area contributed by atoms with Crippen molar-refractivity contribution in [1.29, 1.82) is 0 Å². The largest absolute Gasteiger partial charge is 0.400 e. The van der Waals surface area contributed by atoms with Crippen molar-refractivity contribution >= 4 is 0 Å². The molecule has 13 heavy (non-hydrogen) atoms.